The van der Waals surface area contributed by atoms with Crippen molar-refractivity contribution >= 4 is 29.3 Å². The lowest BCUT2D eigenvalue weighted by Gasteiger charge is -2.06. The number of aryl methyl sites for hydroxylation is 1. The van der Waals surface area contributed by atoms with Crippen molar-refractivity contribution < 1.29 is 9.53 Å². The van der Waals surface area contributed by atoms with Crippen LogP contribution >= 0.6 is 23.4 Å². The van der Waals surface area contributed by atoms with Crippen molar-refractivity contribution in [3.8, 4) is 5.75 Å². The predicted molar refractivity (Wildman–Crippen MR) is 86.2 cm³/mol. The third kappa shape index (κ3) is 4.92. The number of aromatic nitrogens is 3. The molecule has 6 nitrogen and oxygen atoms in total. The average Bonchev–Trinajstić information content (AvgIpc) is 2.84. The average molecular weight is 341 g/mol. The van der Waals surface area contributed by atoms with E-state index < -0.39 is 0 Å². The van der Waals surface area contributed by atoms with Crippen LogP contribution in [0.25, 0.3) is 0 Å². The van der Waals surface area contributed by atoms with Gasteiger partial charge < -0.3 is 15.0 Å². The zero-order chi connectivity index (χ0) is 15.9. The molecule has 118 valence electrons. The standard InChI is InChI=1S/C14H17ClN4O2S/c1-19-13(7-6-12(16)20)17-18-14(19)22-9-8-21-11-4-2-10(15)3-5-11/h2-5H,6-9H2,1H3,(H2,16,20). The fourth-order valence-electron chi connectivity index (χ4n) is 1.75. The summed E-state index contributed by atoms with van der Waals surface area (Å²) in [5.74, 6) is 1.93. The topological polar surface area (TPSA) is 83.0 Å². The van der Waals surface area contributed by atoms with Crippen LogP contribution in [-0.2, 0) is 18.3 Å². The van der Waals surface area contributed by atoms with Crippen LogP contribution in [0.15, 0.2) is 29.4 Å². The van der Waals surface area contributed by atoms with Crippen molar-refractivity contribution in [2.24, 2.45) is 12.8 Å². The molecule has 22 heavy (non-hydrogen) atoms. The number of nitrogens with two attached hydrogens (primary N) is 1. The molecule has 1 heterocycles. The van der Waals surface area contributed by atoms with Gasteiger partial charge >= 0.3 is 0 Å². The maximum Gasteiger partial charge on any atom is 0.217 e. The fourth-order valence-corrected chi connectivity index (χ4v) is 2.62. The van der Waals surface area contributed by atoms with Crippen molar-refractivity contribution in [3.63, 3.8) is 0 Å². The summed E-state index contributed by atoms with van der Waals surface area (Å²) in [6, 6.07) is 7.24. The molecule has 0 spiro atoms. The molecule has 0 saturated carbocycles. The third-order valence-corrected chi connectivity index (χ3v) is 4.15. The van der Waals surface area contributed by atoms with Gasteiger partial charge in [-0.15, -0.1) is 10.2 Å². The maximum atomic E-state index is 10.8. The van der Waals surface area contributed by atoms with Gasteiger partial charge in [0.1, 0.15) is 11.6 Å². The van der Waals surface area contributed by atoms with E-state index in [1.54, 1.807) is 23.9 Å². The minimum atomic E-state index is -0.339. The Bertz CT molecular complexity index is 630. The van der Waals surface area contributed by atoms with Crippen LogP contribution in [0.5, 0.6) is 5.75 Å². The molecule has 0 saturated heterocycles. The van der Waals surface area contributed by atoms with Crippen LogP contribution in [0.3, 0.4) is 0 Å². The molecule has 0 radical (unpaired) electrons. The van der Waals surface area contributed by atoms with Gasteiger partial charge in [-0.2, -0.15) is 0 Å². The van der Waals surface area contributed by atoms with Gasteiger partial charge in [-0.3, -0.25) is 4.79 Å². The number of carbonyl (C=O) groups excluding carboxylic acids is 1. The number of ether oxygens (including phenoxy) is 1. The zero-order valence-electron chi connectivity index (χ0n) is 12.2. The Balaban J connectivity index is 1.77. The SMILES string of the molecule is Cn1c(CCC(N)=O)nnc1SCCOc1ccc(Cl)cc1. The summed E-state index contributed by atoms with van der Waals surface area (Å²) in [6.07, 6.45) is 0.775. The monoisotopic (exact) mass is 340 g/mol. The number of halogens is 1. The number of primary amides is 1. The molecule has 0 aliphatic rings. The Labute approximate surface area is 138 Å². The normalized spacial score (nSPS) is 10.6. The molecular weight excluding hydrogens is 324 g/mol. The molecule has 1 aromatic heterocycles. The van der Waals surface area contributed by atoms with E-state index in [0.29, 0.717) is 18.1 Å². The first kappa shape index (κ1) is 16.6. The summed E-state index contributed by atoms with van der Waals surface area (Å²) in [4.78, 5) is 10.8. The van der Waals surface area contributed by atoms with Gasteiger partial charge in [0.2, 0.25) is 5.91 Å². The molecule has 1 aromatic carbocycles. The molecule has 8 heteroatoms. The van der Waals surface area contributed by atoms with Crippen LogP contribution in [0.2, 0.25) is 5.02 Å². The Morgan fingerprint density at radius 2 is 2.09 bits per heavy atom. The predicted octanol–water partition coefficient (Wildman–Crippen LogP) is 2.06. The van der Waals surface area contributed by atoms with Gasteiger partial charge in [-0.25, -0.2) is 0 Å². The van der Waals surface area contributed by atoms with E-state index in [4.69, 9.17) is 22.1 Å². The molecule has 0 aliphatic heterocycles. The van der Waals surface area contributed by atoms with E-state index in [1.165, 1.54) is 0 Å². The molecular formula is C14H17ClN4O2S. The van der Waals surface area contributed by atoms with E-state index in [9.17, 15) is 4.79 Å². The quantitative estimate of drug-likeness (QED) is 0.587. The van der Waals surface area contributed by atoms with Crippen molar-refractivity contribution in [1.29, 1.82) is 0 Å². The van der Waals surface area contributed by atoms with Crippen LogP contribution < -0.4 is 10.5 Å². The number of rotatable bonds is 8. The van der Waals surface area contributed by atoms with Gasteiger partial charge in [0, 0.05) is 30.7 Å². The zero-order valence-corrected chi connectivity index (χ0v) is 13.7. The molecule has 0 fully saturated rings. The van der Waals surface area contributed by atoms with E-state index in [0.717, 1.165) is 22.5 Å². The minimum absolute atomic E-state index is 0.274. The van der Waals surface area contributed by atoms with Gasteiger partial charge in [0.15, 0.2) is 5.16 Å². The fraction of sp³-hybridized carbons (Fsp3) is 0.357. The van der Waals surface area contributed by atoms with Crippen molar-refractivity contribution in [2.75, 3.05) is 12.4 Å². The Morgan fingerprint density at radius 3 is 2.77 bits per heavy atom. The van der Waals surface area contributed by atoms with Gasteiger partial charge in [-0.05, 0) is 24.3 Å². The van der Waals surface area contributed by atoms with Crippen LogP contribution in [0, 0.1) is 0 Å². The Hall–Kier alpha value is -1.73. The summed E-state index contributed by atoms with van der Waals surface area (Å²) in [5.41, 5.74) is 5.13. The summed E-state index contributed by atoms with van der Waals surface area (Å²) in [7, 11) is 1.87. The van der Waals surface area contributed by atoms with E-state index in [2.05, 4.69) is 10.2 Å². The highest BCUT2D eigenvalue weighted by Gasteiger charge is 2.10. The molecule has 2 aromatic rings. The lowest BCUT2D eigenvalue weighted by Crippen LogP contribution is -2.12. The molecule has 0 unspecified atom stereocenters. The van der Waals surface area contributed by atoms with E-state index in [-0.39, 0.29) is 12.3 Å². The first-order valence-electron chi connectivity index (χ1n) is 6.74. The number of thioether (sulfide) groups is 1. The highest BCUT2D eigenvalue weighted by Crippen LogP contribution is 2.18. The van der Waals surface area contributed by atoms with Crippen LogP contribution in [0.1, 0.15) is 12.2 Å². The van der Waals surface area contributed by atoms with Gasteiger partial charge in [0.25, 0.3) is 0 Å². The van der Waals surface area contributed by atoms with Crippen molar-refractivity contribution in [1.82, 2.24) is 14.8 Å². The highest BCUT2D eigenvalue weighted by atomic mass is 35.5. The maximum absolute atomic E-state index is 10.8. The molecule has 2 rings (SSSR count). The van der Waals surface area contributed by atoms with Gasteiger partial charge in [0.05, 0.1) is 6.61 Å². The second kappa shape index (κ2) is 8.05. The minimum Gasteiger partial charge on any atom is -0.493 e. The van der Waals surface area contributed by atoms with Crippen molar-refractivity contribution in [2.45, 2.75) is 18.0 Å². The molecule has 0 aliphatic carbocycles. The Kier molecular flexibility index (Phi) is 6.09. The number of amides is 1. The second-order valence-electron chi connectivity index (χ2n) is 4.57. The molecule has 0 atom stereocenters. The number of benzene rings is 1. The van der Waals surface area contributed by atoms with E-state index >= 15 is 0 Å². The van der Waals surface area contributed by atoms with Crippen LogP contribution in [0.4, 0.5) is 0 Å². The van der Waals surface area contributed by atoms with E-state index in [1.807, 2.05) is 23.7 Å². The third-order valence-electron chi connectivity index (χ3n) is 2.92. The number of carbonyl (C=O) groups is 1. The summed E-state index contributed by atoms with van der Waals surface area (Å²) in [5, 5.41) is 9.64. The first-order chi connectivity index (χ1) is 10.6. The largest absolute Gasteiger partial charge is 0.493 e. The lowest BCUT2D eigenvalue weighted by molar-refractivity contribution is -0.118. The molecule has 0 bridgehead atoms. The lowest BCUT2D eigenvalue weighted by atomic mass is 10.3. The molecule has 1 amide bonds. The highest BCUT2D eigenvalue weighted by molar-refractivity contribution is 7.99. The Morgan fingerprint density at radius 1 is 1.36 bits per heavy atom. The smallest absolute Gasteiger partial charge is 0.217 e. The number of nitrogens with zero attached hydrogens (tertiary/aromatic N) is 3. The second-order valence-corrected chi connectivity index (χ2v) is 6.07. The number of hydrogen-bond acceptors (Lipinski definition) is 5. The number of hydrogen-bond donors (Lipinski definition) is 1. The summed E-state index contributed by atoms with van der Waals surface area (Å²) < 4.78 is 7.48. The summed E-state index contributed by atoms with van der Waals surface area (Å²) in [6.45, 7) is 0.551. The first-order valence-corrected chi connectivity index (χ1v) is 8.10. The summed E-state index contributed by atoms with van der Waals surface area (Å²) >= 11 is 7.36. The van der Waals surface area contributed by atoms with Gasteiger partial charge in [-0.1, -0.05) is 23.4 Å². The van der Waals surface area contributed by atoms with Crippen LogP contribution in [-0.4, -0.2) is 33.0 Å². The molecule has 2 N–H and O–H groups in total. The van der Waals surface area contributed by atoms with Crippen molar-refractivity contribution in [3.05, 3.63) is 35.1 Å².